The number of phenolic OH excluding ortho intramolecular Hbond substituents is 2. The minimum absolute atomic E-state index is 0.226. The average Bonchev–Trinajstić information content (AvgIpc) is 3.06. The summed E-state index contributed by atoms with van der Waals surface area (Å²) in [6.07, 6.45) is 1.05. The first-order chi connectivity index (χ1) is 21.9. The highest BCUT2D eigenvalue weighted by Gasteiger charge is 2.26. The number of aromatic hydroxyl groups is 2. The summed E-state index contributed by atoms with van der Waals surface area (Å²) in [5, 5.41) is 30.7. The molecule has 2 saturated heterocycles. The second-order valence-corrected chi connectivity index (χ2v) is 11.2. The molecule has 1 aromatic heterocycles. The molecule has 3 aromatic carbocycles. The van der Waals surface area contributed by atoms with E-state index < -0.39 is 6.03 Å². The van der Waals surface area contributed by atoms with Crippen LogP contribution in [0.3, 0.4) is 0 Å². The second kappa shape index (κ2) is 13.2. The van der Waals surface area contributed by atoms with Crippen LogP contribution >= 0.6 is 0 Å². The van der Waals surface area contributed by atoms with Gasteiger partial charge < -0.3 is 15.1 Å². The number of piperazine rings is 1. The average molecular weight is 605 g/mol. The lowest BCUT2D eigenvalue weighted by Gasteiger charge is -2.36. The maximum Gasteiger partial charge on any atom is 0.329 e. The fourth-order valence-corrected chi connectivity index (χ4v) is 5.93. The number of allylic oxidation sites excluding steroid dienone is 1. The normalized spacial score (nSPS) is 16.4. The topological polar surface area (TPSA) is 122 Å². The number of hydrogen-bond donors (Lipinski definition) is 3. The van der Waals surface area contributed by atoms with E-state index in [0.717, 1.165) is 71.8 Å². The van der Waals surface area contributed by atoms with Crippen LogP contribution in [0.5, 0.6) is 11.5 Å². The van der Waals surface area contributed by atoms with E-state index in [1.54, 1.807) is 30.3 Å². The van der Waals surface area contributed by atoms with E-state index >= 15 is 0 Å². The molecule has 6 rings (SSSR count). The minimum atomic E-state index is -0.465. The molecule has 10 nitrogen and oxygen atoms in total. The zero-order valence-electron chi connectivity index (χ0n) is 25.2. The van der Waals surface area contributed by atoms with Crippen molar-refractivity contribution in [2.75, 3.05) is 42.5 Å². The van der Waals surface area contributed by atoms with Crippen molar-refractivity contribution >= 4 is 34.6 Å². The highest BCUT2D eigenvalue weighted by atomic mass is 16.3. The van der Waals surface area contributed by atoms with Crippen molar-refractivity contribution in [2.45, 2.75) is 26.3 Å². The molecular weight excluding hydrogens is 568 g/mol. The van der Waals surface area contributed by atoms with Crippen LogP contribution < -0.4 is 15.1 Å². The smallest absolute Gasteiger partial charge is 0.329 e. The number of imide groups is 1. The van der Waals surface area contributed by atoms with Crippen LogP contribution in [-0.4, -0.2) is 70.0 Å². The molecule has 3 heterocycles. The summed E-state index contributed by atoms with van der Waals surface area (Å²) in [6.45, 7) is 6.61. The third-order valence-corrected chi connectivity index (χ3v) is 8.34. The zero-order chi connectivity index (χ0) is 31.3. The van der Waals surface area contributed by atoms with Gasteiger partial charge in [0.05, 0.1) is 5.69 Å². The van der Waals surface area contributed by atoms with Gasteiger partial charge in [0.25, 0.3) is 0 Å². The van der Waals surface area contributed by atoms with Gasteiger partial charge in [-0.15, -0.1) is 5.10 Å². The Kier molecular flexibility index (Phi) is 8.74. The molecular formula is C35H36N6O4. The van der Waals surface area contributed by atoms with E-state index in [4.69, 9.17) is 0 Å². The Bertz CT molecular complexity index is 1680. The molecule has 0 radical (unpaired) electrons. The maximum absolute atomic E-state index is 12.1. The van der Waals surface area contributed by atoms with Gasteiger partial charge in [0.15, 0.2) is 5.82 Å². The van der Waals surface area contributed by atoms with Crippen molar-refractivity contribution in [2.24, 2.45) is 0 Å². The number of nitrogens with zero attached hydrogens (tertiary/aromatic N) is 5. The number of anilines is 2. The predicted molar refractivity (Wildman–Crippen MR) is 174 cm³/mol. The van der Waals surface area contributed by atoms with E-state index in [1.165, 1.54) is 4.90 Å². The molecule has 0 atom stereocenters. The molecule has 10 heteroatoms. The Morgan fingerprint density at radius 1 is 0.733 bits per heavy atom. The van der Waals surface area contributed by atoms with Crippen molar-refractivity contribution in [1.82, 2.24) is 20.4 Å². The molecule has 0 unspecified atom stereocenters. The third-order valence-electron chi connectivity index (χ3n) is 8.34. The van der Waals surface area contributed by atoms with Crippen molar-refractivity contribution in [3.05, 3.63) is 107 Å². The monoisotopic (exact) mass is 604 g/mol. The van der Waals surface area contributed by atoms with Gasteiger partial charge in [0.2, 0.25) is 5.91 Å². The molecule has 0 bridgehead atoms. The van der Waals surface area contributed by atoms with Gasteiger partial charge >= 0.3 is 6.03 Å². The largest absolute Gasteiger partial charge is 0.508 e. The fraction of sp³-hybridized carbons (Fsp3) is 0.257. The molecule has 3 amide bonds. The first-order valence-electron chi connectivity index (χ1n) is 15.2. The number of phenols is 2. The molecule has 2 fully saturated rings. The summed E-state index contributed by atoms with van der Waals surface area (Å²) in [5.74, 6) is 0.626. The SMILES string of the molecule is CCC(=C(c1ccc(O)cc1)c1ccc(N2CCN(Cc3ccc(N4CCC(=O)NC4=O)nn3)CC2)cc1)c1ccc(O)cc1. The van der Waals surface area contributed by atoms with Crippen molar-refractivity contribution in [3.8, 4) is 11.5 Å². The molecule has 3 N–H and O–H groups in total. The summed E-state index contributed by atoms with van der Waals surface area (Å²) >= 11 is 0. The highest BCUT2D eigenvalue weighted by Crippen LogP contribution is 2.36. The van der Waals surface area contributed by atoms with Gasteiger partial charge in [0, 0.05) is 51.4 Å². The van der Waals surface area contributed by atoms with Crippen LogP contribution in [0.1, 0.15) is 42.1 Å². The molecule has 0 aliphatic carbocycles. The van der Waals surface area contributed by atoms with Gasteiger partial charge in [-0.2, -0.15) is 5.10 Å². The summed E-state index contributed by atoms with van der Waals surface area (Å²) in [7, 11) is 0. The number of benzene rings is 3. The number of nitrogens with one attached hydrogen (secondary N) is 1. The van der Waals surface area contributed by atoms with Crippen LogP contribution in [0.25, 0.3) is 11.1 Å². The summed E-state index contributed by atoms with van der Waals surface area (Å²) < 4.78 is 0. The molecule has 0 spiro atoms. The lowest BCUT2D eigenvalue weighted by molar-refractivity contribution is -0.120. The predicted octanol–water partition coefficient (Wildman–Crippen LogP) is 5.03. The Morgan fingerprint density at radius 2 is 1.33 bits per heavy atom. The summed E-state index contributed by atoms with van der Waals surface area (Å²) in [6, 6.07) is 26.5. The zero-order valence-corrected chi connectivity index (χ0v) is 25.2. The maximum atomic E-state index is 12.1. The summed E-state index contributed by atoms with van der Waals surface area (Å²) in [4.78, 5) is 29.7. The minimum Gasteiger partial charge on any atom is -0.508 e. The molecule has 2 aliphatic rings. The van der Waals surface area contributed by atoms with Crippen LogP contribution in [0, 0.1) is 0 Å². The number of urea groups is 1. The Hall–Kier alpha value is -5.22. The third kappa shape index (κ3) is 6.81. The van der Waals surface area contributed by atoms with Gasteiger partial charge in [-0.05, 0) is 82.8 Å². The number of amides is 3. The van der Waals surface area contributed by atoms with E-state index in [1.807, 2.05) is 30.3 Å². The van der Waals surface area contributed by atoms with Crippen LogP contribution in [0.15, 0.2) is 84.9 Å². The van der Waals surface area contributed by atoms with Crippen LogP contribution in [-0.2, 0) is 11.3 Å². The van der Waals surface area contributed by atoms with E-state index in [2.05, 4.69) is 56.5 Å². The Morgan fingerprint density at radius 3 is 1.89 bits per heavy atom. The van der Waals surface area contributed by atoms with E-state index in [9.17, 15) is 19.8 Å². The van der Waals surface area contributed by atoms with E-state index in [-0.39, 0.29) is 23.8 Å². The number of hydrogen-bond acceptors (Lipinski definition) is 8. The molecule has 45 heavy (non-hydrogen) atoms. The first kappa shape index (κ1) is 29.8. The van der Waals surface area contributed by atoms with Crippen molar-refractivity contribution in [1.29, 1.82) is 0 Å². The number of carbonyl (C=O) groups is 2. The highest BCUT2D eigenvalue weighted by molar-refractivity contribution is 6.05. The second-order valence-electron chi connectivity index (χ2n) is 11.2. The van der Waals surface area contributed by atoms with Crippen molar-refractivity contribution < 1.29 is 19.8 Å². The van der Waals surface area contributed by atoms with E-state index in [0.29, 0.717) is 18.9 Å². The van der Waals surface area contributed by atoms with Gasteiger partial charge in [-0.25, -0.2) is 4.79 Å². The number of rotatable bonds is 8. The fourth-order valence-electron chi connectivity index (χ4n) is 5.93. The van der Waals surface area contributed by atoms with Gasteiger partial charge in [-0.3, -0.25) is 19.9 Å². The molecule has 0 saturated carbocycles. The number of carbonyl (C=O) groups excluding carboxylic acids is 2. The Balaban J connectivity index is 1.13. The standard InChI is InChI=1S/C35H36N6O4/c1-2-31(24-5-12-29(42)13-6-24)34(26-7-14-30(43)15-8-26)25-3-10-28(11-4-25)40-21-19-39(20-22-40)23-27-9-16-32(38-37-27)41-18-17-33(44)36-35(41)45/h3-16,42-43H,2,17-23H2,1H3,(H,36,44,45). The lowest BCUT2D eigenvalue weighted by Crippen LogP contribution is -2.50. The lowest BCUT2D eigenvalue weighted by atomic mass is 9.88. The van der Waals surface area contributed by atoms with Crippen LogP contribution in [0.2, 0.25) is 0 Å². The Labute approximate surface area is 262 Å². The molecule has 230 valence electrons. The quantitative estimate of drug-likeness (QED) is 0.240. The van der Waals surface area contributed by atoms with Crippen LogP contribution in [0.4, 0.5) is 16.3 Å². The molecule has 2 aliphatic heterocycles. The van der Waals surface area contributed by atoms with Gasteiger partial charge in [-0.1, -0.05) is 43.3 Å². The summed E-state index contributed by atoms with van der Waals surface area (Å²) in [5.41, 5.74) is 7.40. The molecule has 4 aromatic rings. The van der Waals surface area contributed by atoms with Crippen molar-refractivity contribution in [3.63, 3.8) is 0 Å². The number of aromatic nitrogens is 2. The van der Waals surface area contributed by atoms with Gasteiger partial charge in [0.1, 0.15) is 11.5 Å². The first-order valence-corrected chi connectivity index (χ1v) is 15.2.